The monoisotopic (exact) mass is 243 g/mol. The smallest absolute Gasteiger partial charge is 0.408 e. The maximum Gasteiger partial charge on any atom is 0.408 e. The lowest BCUT2D eigenvalue weighted by molar-refractivity contribution is -0.141. The van der Waals surface area contributed by atoms with Gasteiger partial charge in [0.05, 0.1) is 5.34 Å². The fraction of sp³-hybridized carbons (Fsp3) is 0.714. The van der Waals surface area contributed by atoms with Gasteiger partial charge in [-0.2, -0.15) is 0 Å². The molecule has 1 rings (SSSR count). The number of hydrogen-bond donors (Lipinski definition) is 2. The van der Waals surface area contributed by atoms with Crippen molar-refractivity contribution in [3.63, 3.8) is 0 Å². The third-order valence-electron chi connectivity index (χ3n) is 1.78. The van der Waals surface area contributed by atoms with E-state index in [4.69, 9.17) is 33.4 Å². The highest BCUT2D eigenvalue weighted by molar-refractivity contribution is 6.40. The fourth-order valence-corrected chi connectivity index (χ4v) is 1.25. The van der Waals surface area contributed by atoms with Crippen molar-refractivity contribution < 1.29 is 19.8 Å². The minimum atomic E-state index is -1.14. The molecule has 7 heteroatoms. The summed E-state index contributed by atoms with van der Waals surface area (Å²) < 4.78 is 0. The predicted molar refractivity (Wildman–Crippen MR) is 52.0 cm³/mol. The number of halogens is 2. The first-order valence-corrected chi connectivity index (χ1v) is 4.95. The van der Waals surface area contributed by atoms with Gasteiger partial charge in [-0.05, 0) is 12.8 Å². The Balaban J connectivity index is 0.000000500. The van der Waals surface area contributed by atoms with Crippen molar-refractivity contribution in [2.45, 2.75) is 18.9 Å². The lowest BCUT2D eigenvalue weighted by Crippen LogP contribution is -2.39. The second kappa shape index (κ2) is 6.73. The zero-order chi connectivity index (χ0) is 11.1. The average molecular weight is 244 g/mol. The fourth-order valence-electron chi connectivity index (χ4n) is 1.25. The Hall–Kier alpha value is -0.680. The van der Waals surface area contributed by atoms with Gasteiger partial charge in [-0.15, -0.1) is 23.2 Å². The Morgan fingerprint density at radius 2 is 1.86 bits per heavy atom. The SMILES string of the molecule is ClCCl.O=C(O)C1CCCN1C(=O)O. The van der Waals surface area contributed by atoms with E-state index in [-0.39, 0.29) is 5.34 Å². The first kappa shape index (κ1) is 13.3. The number of amides is 1. The summed E-state index contributed by atoms with van der Waals surface area (Å²) >= 11 is 9.53. The van der Waals surface area contributed by atoms with Crippen LogP contribution in [0.1, 0.15) is 12.8 Å². The Kier molecular flexibility index (Phi) is 6.40. The van der Waals surface area contributed by atoms with E-state index in [2.05, 4.69) is 0 Å². The standard InChI is InChI=1S/C6H9NO4.CH2Cl2/c8-5(9)4-2-1-3-7(4)6(10)11;2-1-3/h4H,1-3H2,(H,8,9)(H,10,11);1H2. The zero-order valence-corrected chi connectivity index (χ0v) is 8.83. The van der Waals surface area contributed by atoms with Gasteiger partial charge >= 0.3 is 12.1 Å². The summed E-state index contributed by atoms with van der Waals surface area (Å²) in [6.45, 7) is 0.340. The summed E-state index contributed by atoms with van der Waals surface area (Å²) in [4.78, 5) is 21.8. The van der Waals surface area contributed by atoms with Gasteiger partial charge in [0.15, 0.2) is 0 Å². The highest BCUT2D eigenvalue weighted by Crippen LogP contribution is 2.16. The molecule has 1 amide bonds. The number of alkyl halides is 2. The van der Waals surface area contributed by atoms with E-state index in [1.165, 1.54) is 0 Å². The molecule has 0 aliphatic carbocycles. The molecular weight excluding hydrogens is 233 g/mol. The number of nitrogens with zero attached hydrogens (tertiary/aromatic N) is 1. The van der Waals surface area contributed by atoms with Gasteiger partial charge in [-0.25, -0.2) is 9.59 Å². The van der Waals surface area contributed by atoms with Gasteiger partial charge in [0.25, 0.3) is 0 Å². The van der Waals surface area contributed by atoms with Crippen LogP contribution < -0.4 is 0 Å². The van der Waals surface area contributed by atoms with E-state index in [0.29, 0.717) is 19.4 Å². The van der Waals surface area contributed by atoms with Crippen LogP contribution in [-0.4, -0.2) is 45.1 Å². The third-order valence-corrected chi connectivity index (χ3v) is 1.78. The molecule has 0 bridgehead atoms. The normalized spacial score (nSPS) is 19.9. The maximum absolute atomic E-state index is 10.4. The van der Waals surface area contributed by atoms with Crippen LogP contribution in [0.5, 0.6) is 0 Å². The maximum atomic E-state index is 10.4. The van der Waals surface area contributed by atoms with Crippen LogP contribution in [0.4, 0.5) is 4.79 Å². The summed E-state index contributed by atoms with van der Waals surface area (Å²) in [7, 11) is 0. The molecule has 1 unspecified atom stereocenters. The molecule has 1 aliphatic heterocycles. The number of carboxylic acids is 1. The van der Waals surface area contributed by atoms with Crippen LogP contribution in [0.25, 0.3) is 0 Å². The van der Waals surface area contributed by atoms with Gasteiger partial charge in [-0.1, -0.05) is 0 Å². The molecule has 2 N–H and O–H groups in total. The van der Waals surface area contributed by atoms with Crippen LogP contribution >= 0.6 is 23.2 Å². The number of rotatable bonds is 1. The first-order chi connectivity index (χ1) is 6.54. The Bertz CT molecular complexity index is 192. The van der Waals surface area contributed by atoms with E-state index in [1.54, 1.807) is 0 Å². The van der Waals surface area contributed by atoms with Crippen LogP contribution in [-0.2, 0) is 4.79 Å². The molecule has 1 heterocycles. The van der Waals surface area contributed by atoms with Gasteiger partial charge in [0.2, 0.25) is 0 Å². The van der Waals surface area contributed by atoms with Crippen molar-refractivity contribution in [2.24, 2.45) is 0 Å². The molecule has 1 saturated heterocycles. The summed E-state index contributed by atoms with van der Waals surface area (Å²) in [6, 6.07) is -0.826. The van der Waals surface area contributed by atoms with Gasteiger partial charge in [0.1, 0.15) is 6.04 Å². The second-order valence-corrected chi connectivity index (χ2v) is 3.38. The molecule has 1 aliphatic rings. The molecule has 5 nitrogen and oxygen atoms in total. The van der Waals surface area contributed by atoms with Crippen molar-refractivity contribution in [3.8, 4) is 0 Å². The number of hydrogen-bond acceptors (Lipinski definition) is 2. The number of likely N-dealkylation sites (tertiary alicyclic amines) is 1. The second-order valence-electron chi connectivity index (χ2n) is 2.57. The highest BCUT2D eigenvalue weighted by Gasteiger charge is 2.33. The minimum absolute atomic E-state index is 0.194. The number of carboxylic acid groups (broad SMARTS) is 2. The molecule has 0 radical (unpaired) electrons. The summed E-state index contributed by atoms with van der Waals surface area (Å²) in [6.07, 6.45) is -0.0693. The van der Waals surface area contributed by atoms with E-state index in [1.807, 2.05) is 0 Å². The largest absolute Gasteiger partial charge is 0.480 e. The Labute approximate surface area is 91.2 Å². The van der Waals surface area contributed by atoms with E-state index >= 15 is 0 Å². The molecule has 0 aromatic heterocycles. The Morgan fingerprint density at radius 3 is 2.14 bits per heavy atom. The van der Waals surface area contributed by atoms with Crippen LogP contribution in [0.2, 0.25) is 0 Å². The van der Waals surface area contributed by atoms with Crippen molar-refractivity contribution in [1.29, 1.82) is 0 Å². The van der Waals surface area contributed by atoms with Crippen LogP contribution in [0, 0.1) is 0 Å². The summed E-state index contributed by atoms with van der Waals surface area (Å²) in [5.41, 5.74) is 0. The van der Waals surface area contributed by atoms with Crippen LogP contribution in [0.15, 0.2) is 0 Å². The summed E-state index contributed by atoms with van der Waals surface area (Å²) in [5, 5.41) is 17.2. The van der Waals surface area contributed by atoms with Crippen molar-refractivity contribution >= 4 is 35.3 Å². The van der Waals surface area contributed by atoms with Crippen molar-refractivity contribution in [1.82, 2.24) is 4.90 Å². The highest BCUT2D eigenvalue weighted by atomic mass is 35.5. The van der Waals surface area contributed by atoms with E-state index in [9.17, 15) is 9.59 Å². The van der Waals surface area contributed by atoms with Gasteiger partial charge < -0.3 is 10.2 Å². The quantitative estimate of drug-likeness (QED) is 0.687. The van der Waals surface area contributed by atoms with Crippen molar-refractivity contribution in [2.75, 3.05) is 11.9 Å². The van der Waals surface area contributed by atoms with E-state index in [0.717, 1.165) is 4.90 Å². The molecule has 1 atom stereocenters. The molecule has 0 aromatic carbocycles. The summed E-state index contributed by atoms with van der Waals surface area (Å²) in [5.74, 6) is -1.05. The van der Waals surface area contributed by atoms with Gasteiger partial charge in [-0.3, -0.25) is 4.90 Å². The Morgan fingerprint density at radius 1 is 1.36 bits per heavy atom. The topological polar surface area (TPSA) is 77.8 Å². The lowest BCUT2D eigenvalue weighted by atomic mass is 10.2. The number of carbonyl (C=O) groups is 2. The third kappa shape index (κ3) is 4.02. The molecule has 14 heavy (non-hydrogen) atoms. The molecule has 0 spiro atoms. The number of aliphatic carboxylic acids is 1. The molecule has 0 saturated carbocycles. The van der Waals surface area contributed by atoms with E-state index < -0.39 is 18.1 Å². The first-order valence-electron chi connectivity index (χ1n) is 3.88. The lowest BCUT2D eigenvalue weighted by Gasteiger charge is -2.16. The van der Waals surface area contributed by atoms with Gasteiger partial charge in [0, 0.05) is 6.54 Å². The molecule has 82 valence electrons. The molecule has 0 aromatic rings. The van der Waals surface area contributed by atoms with Crippen molar-refractivity contribution in [3.05, 3.63) is 0 Å². The predicted octanol–water partition coefficient (Wildman–Crippen LogP) is 1.63. The average Bonchev–Trinajstić information content (AvgIpc) is 2.52. The van der Waals surface area contributed by atoms with Crippen LogP contribution in [0.3, 0.4) is 0 Å². The molecular formula is C7H11Cl2NO4. The molecule has 1 fully saturated rings. The zero-order valence-electron chi connectivity index (χ0n) is 7.32. The minimum Gasteiger partial charge on any atom is -0.480 e.